The van der Waals surface area contributed by atoms with E-state index in [1.165, 1.54) is 22.8 Å². The summed E-state index contributed by atoms with van der Waals surface area (Å²) in [5.41, 5.74) is 1.85. The lowest BCUT2D eigenvalue weighted by atomic mass is 9.95. The molecular formula is C33H38N2O7S. The highest BCUT2D eigenvalue weighted by atomic mass is 32.1. The van der Waals surface area contributed by atoms with Crippen LogP contribution in [0.15, 0.2) is 63.5 Å². The van der Waals surface area contributed by atoms with E-state index in [9.17, 15) is 14.4 Å². The van der Waals surface area contributed by atoms with E-state index in [-0.39, 0.29) is 29.4 Å². The molecular weight excluding hydrogens is 568 g/mol. The molecule has 0 spiro atoms. The number of rotatable bonds is 12. The highest BCUT2D eigenvalue weighted by molar-refractivity contribution is 7.07. The summed E-state index contributed by atoms with van der Waals surface area (Å²) in [5, 5.41) is 0. The van der Waals surface area contributed by atoms with E-state index < -0.39 is 18.0 Å². The molecule has 43 heavy (non-hydrogen) atoms. The highest BCUT2D eigenvalue weighted by Crippen LogP contribution is 2.36. The minimum absolute atomic E-state index is 0.125. The average molecular weight is 607 g/mol. The highest BCUT2D eigenvalue weighted by Gasteiger charge is 2.34. The number of unbranched alkanes of at least 4 members (excludes halogenated alkanes) is 1. The summed E-state index contributed by atoms with van der Waals surface area (Å²) in [7, 11) is 0. The molecule has 1 aliphatic heterocycles. The zero-order valence-corrected chi connectivity index (χ0v) is 26.3. The predicted octanol–water partition coefficient (Wildman–Crippen LogP) is 4.94. The van der Waals surface area contributed by atoms with Crippen LogP contribution >= 0.6 is 11.3 Å². The van der Waals surface area contributed by atoms with Gasteiger partial charge in [-0.25, -0.2) is 9.79 Å². The number of nitrogens with zero attached hydrogens (tertiary/aromatic N) is 2. The maximum absolute atomic E-state index is 14.0. The number of benzene rings is 2. The Labute approximate surface area is 255 Å². The Morgan fingerprint density at radius 1 is 1.07 bits per heavy atom. The van der Waals surface area contributed by atoms with E-state index in [1.54, 1.807) is 25.1 Å². The maximum atomic E-state index is 14.0. The molecule has 2 aromatic carbocycles. The summed E-state index contributed by atoms with van der Waals surface area (Å²) in [6.45, 7) is 12.1. The van der Waals surface area contributed by atoms with Crippen molar-refractivity contribution in [3.8, 4) is 17.2 Å². The molecule has 0 unspecified atom stereocenters. The monoisotopic (exact) mass is 606 g/mol. The standard InChI is InChI=1S/C33H38N2O7S/c1-7-9-16-40-25-13-10-23(11-14-25)17-28-31(37)35-30(24-12-15-26(42-22(6)36)27(18-24)39-8-2)29(21(5)34-33(35)43-28)32(38)41-19-20(3)4/h10-15,17-18,20,30H,7-9,16,19H2,1-6H3/b28-17-/t30-/m0/s1. The topological polar surface area (TPSA) is 105 Å². The molecule has 0 N–H and O–H groups in total. The predicted molar refractivity (Wildman–Crippen MR) is 165 cm³/mol. The van der Waals surface area contributed by atoms with Crippen molar-refractivity contribution in [1.82, 2.24) is 4.57 Å². The van der Waals surface area contributed by atoms with Crippen molar-refractivity contribution < 1.29 is 28.5 Å². The van der Waals surface area contributed by atoms with Gasteiger partial charge in [0.1, 0.15) is 5.75 Å². The Hall–Kier alpha value is -4.18. The fourth-order valence-corrected chi connectivity index (χ4v) is 5.61. The summed E-state index contributed by atoms with van der Waals surface area (Å²) in [6.07, 6.45) is 3.84. The van der Waals surface area contributed by atoms with Gasteiger partial charge < -0.3 is 18.9 Å². The number of allylic oxidation sites excluding steroid dienone is 1. The fraction of sp³-hybridized carbons (Fsp3) is 0.394. The van der Waals surface area contributed by atoms with E-state index in [2.05, 4.69) is 11.9 Å². The van der Waals surface area contributed by atoms with Gasteiger partial charge in [0.2, 0.25) is 0 Å². The van der Waals surface area contributed by atoms with Crippen LogP contribution in [0.3, 0.4) is 0 Å². The van der Waals surface area contributed by atoms with Crippen LogP contribution in [0.5, 0.6) is 17.2 Å². The molecule has 4 rings (SSSR count). The van der Waals surface area contributed by atoms with Crippen LogP contribution in [0.4, 0.5) is 0 Å². The molecule has 1 atom stereocenters. The number of hydrogen-bond acceptors (Lipinski definition) is 9. The van der Waals surface area contributed by atoms with Crippen molar-refractivity contribution in [3.63, 3.8) is 0 Å². The normalized spacial score (nSPS) is 14.8. The Balaban J connectivity index is 1.83. The van der Waals surface area contributed by atoms with Crippen LogP contribution < -0.4 is 29.1 Å². The smallest absolute Gasteiger partial charge is 0.338 e. The SMILES string of the molecule is CCCCOc1ccc(/C=c2\sc3n(c2=O)[C@@H](c2ccc(OC(C)=O)c(OCC)c2)C(C(=O)OCC(C)C)=C(C)N=3)cc1. The first-order chi connectivity index (χ1) is 20.6. The molecule has 3 aromatic rings. The van der Waals surface area contributed by atoms with Gasteiger partial charge in [-0.15, -0.1) is 0 Å². The molecule has 2 heterocycles. The van der Waals surface area contributed by atoms with Crippen molar-refractivity contribution in [2.45, 2.75) is 60.4 Å². The lowest BCUT2D eigenvalue weighted by Crippen LogP contribution is -2.40. The van der Waals surface area contributed by atoms with Crippen molar-refractivity contribution in [3.05, 3.63) is 84.5 Å². The number of ether oxygens (including phenoxy) is 4. The van der Waals surface area contributed by atoms with Crippen LogP contribution in [-0.4, -0.2) is 36.3 Å². The third kappa shape index (κ3) is 7.62. The first-order valence-corrected chi connectivity index (χ1v) is 15.3. The Morgan fingerprint density at radius 3 is 2.47 bits per heavy atom. The van der Waals surface area contributed by atoms with Gasteiger partial charge in [-0.3, -0.25) is 14.2 Å². The van der Waals surface area contributed by atoms with Gasteiger partial charge >= 0.3 is 11.9 Å². The quantitative estimate of drug-likeness (QED) is 0.163. The summed E-state index contributed by atoms with van der Waals surface area (Å²) in [6, 6.07) is 11.7. The van der Waals surface area contributed by atoms with Gasteiger partial charge in [0, 0.05) is 6.92 Å². The zero-order chi connectivity index (χ0) is 31.1. The summed E-state index contributed by atoms with van der Waals surface area (Å²) < 4.78 is 24.5. The van der Waals surface area contributed by atoms with Crippen LogP contribution in [0.25, 0.3) is 6.08 Å². The Morgan fingerprint density at radius 2 is 1.81 bits per heavy atom. The average Bonchev–Trinajstić information content (AvgIpc) is 3.26. The second-order valence-electron chi connectivity index (χ2n) is 10.6. The molecule has 0 bridgehead atoms. The summed E-state index contributed by atoms with van der Waals surface area (Å²) in [4.78, 5) is 44.3. The molecule has 0 fully saturated rings. The molecule has 10 heteroatoms. The van der Waals surface area contributed by atoms with Crippen LogP contribution in [0.2, 0.25) is 0 Å². The van der Waals surface area contributed by atoms with Gasteiger partial charge in [0.05, 0.1) is 41.7 Å². The van der Waals surface area contributed by atoms with Gasteiger partial charge in [-0.1, -0.05) is 56.7 Å². The number of esters is 2. The molecule has 0 aliphatic carbocycles. The molecule has 0 saturated carbocycles. The molecule has 1 aliphatic rings. The number of thiazole rings is 1. The first kappa shape index (κ1) is 31.7. The molecule has 9 nitrogen and oxygen atoms in total. The molecule has 1 aromatic heterocycles. The van der Waals surface area contributed by atoms with Crippen LogP contribution in [0.1, 0.15) is 71.6 Å². The largest absolute Gasteiger partial charge is 0.494 e. The third-order valence-electron chi connectivity index (χ3n) is 6.57. The summed E-state index contributed by atoms with van der Waals surface area (Å²) in [5.74, 6) is 0.432. The van der Waals surface area contributed by atoms with Gasteiger partial charge in [-0.05, 0) is 67.7 Å². The lowest BCUT2D eigenvalue weighted by molar-refractivity contribution is -0.140. The third-order valence-corrected chi connectivity index (χ3v) is 7.55. The molecule has 228 valence electrons. The van der Waals surface area contributed by atoms with Gasteiger partial charge in [0.25, 0.3) is 5.56 Å². The van der Waals surface area contributed by atoms with E-state index in [4.69, 9.17) is 18.9 Å². The van der Waals surface area contributed by atoms with E-state index in [0.717, 1.165) is 24.2 Å². The van der Waals surface area contributed by atoms with E-state index in [0.29, 0.717) is 39.6 Å². The van der Waals surface area contributed by atoms with Crippen molar-refractivity contribution >= 4 is 29.4 Å². The Bertz CT molecular complexity index is 1680. The van der Waals surface area contributed by atoms with Crippen molar-refractivity contribution in [2.75, 3.05) is 19.8 Å². The molecule has 0 radical (unpaired) electrons. The van der Waals surface area contributed by atoms with Gasteiger partial charge in [0.15, 0.2) is 16.3 Å². The van der Waals surface area contributed by atoms with Gasteiger partial charge in [-0.2, -0.15) is 0 Å². The fourth-order valence-electron chi connectivity index (χ4n) is 4.57. The minimum atomic E-state index is -0.835. The second-order valence-corrected chi connectivity index (χ2v) is 11.6. The van der Waals surface area contributed by atoms with Crippen LogP contribution in [-0.2, 0) is 14.3 Å². The zero-order valence-electron chi connectivity index (χ0n) is 25.5. The van der Waals surface area contributed by atoms with Crippen molar-refractivity contribution in [2.24, 2.45) is 10.9 Å². The maximum Gasteiger partial charge on any atom is 0.338 e. The number of fused-ring (bicyclic) bond motifs is 1. The molecule has 0 amide bonds. The molecule has 0 saturated heterocycles. The first-order valence-electron chi connectivity index (χ1n) is 14.5. The van der Waals surface area contributed by atoms with Crippen molar-refractivity contribution in [1.29, 1.82) is 0 Å². The van der Waals surface area contributed by atoms with E-state index in [1.807, 2.05) is 51.1 Å². The number of carbonyl (C=O) groups is 2. The number of aromatic nitrogens is 1. The number of hydrogen-bond donors (Lipinski definition) is 0. The lowest BCUT2D eigenvalue weighted by Gasteiger charge is -2.25. The summed E-state index contributed by atoms with van der Waals surface area (Å²) >= 11 is 1.25. The number of carbonyl (C=O) groups excluding carboxylic acids is 2. The Kier molecular flexibility index (Phi) is 10.6. The second kappa shape index (κ2) is 14.3. The van der Waals surface area contributed by atoms with Crippen LogP contribution in [0, 0.1) is 5.92 Å². The minimum Gasteiger partial charge on any atom is -0.494 e. The van der Waals surface area contributed by atoms with E-state index >= 15 is 0 Å².